The molecule has 416 valence electrons. The Morgan fingerprint density at radius 3 is 0.831 bits per heavy atom. The van der Waals surface area contributed by atoms with Gasteiger partial charge in [-0.15, -0.1) is 0 Å². The van der Waals surface area contributed by atoms with Crippen molar-refractivity contribution in [3.05, 3.63) is 237 Å². The monoisotopic (exact) mass is 1150 g/mol. The average Bonchev–Trinajstić information content (AvgIpc) is 1.67. The normalized spacial score (nSPS) is 16.0. The molecule has 20 rings (SSSR count). The number of nitrogens with zero attached hydrogens (tertiary/aromatic N) is 4. The molecule has 4 heterocycles. The second-order valence-electron chi connectivity index (χ2n) is 24.7. The van der Waals surface area contributed by atoms with Crippen molar-refractivity contribution in [3.63, 3.8) is 0 Å². The van der Waals surface area contributed by atoms with Crippen molar-refractivity contribution >= 4 is 133 Å². The van der Waals surface area contributed by atoms with Crippen LogP contribution in [0.5, 0.6) is 0 Å². The van der Waals surface area contributed by atoms with Gasteiger partial charge in [-0.3, -0.25) is 58.0 Å². The van der Waals surface area contributed by atoms with E-state index in [4.69, 9.17) is 0 Å². The van der Waals surface area contributed by atoms with Crippen LogP contribution >= 0.6 is 0 Å². The number of fused-ring (bicyclic) bond motifs is 14. The summed E-state index contributed by atoms with van der Waals surface area (Å²) in [6.45, 7) is 0. The average molecular weight is 1150 g/mol. The van der Waals surface area contributed by atoms with E-state index in [1.54, 1.807) is 36.4 Å². The number of carbonyl (C=O) groups is 8. The molecule has 4 aliphatic heterocycles. The maximum atomic E-state index is 14.8. The Balaban J connectivity index is 0.900. The highest BCUT2D eigenvalue weighted by molar-refractivity contribution is 6.45. The molecule has 0 atom stereocenters. The molecule has 12 nitrogen and oxygen atoms in total. The van der Waals surface area contributed by atoms with Gasteiger partial charge in [0.1, 0.15) is 0 Å². The zero-order chi connectivity index (χ0) is 60.0. The molecular formula is C77H40N4O8. The minimum absolute atomic E-state index is 0.384. The third kappa shape index (κ3) is 5.27. The van der Waals surface area contributed by atoms with Gasteiger partial charge in [-0.2, -0.15) is 0 Å². The molecule has 0 N–H and O–H groups in total. The number of benzene rings is 14. The molecule has 14 aromatic rings. The maximum Gasteiger partial charge on any atom is 0.261 e. The van der Waals surface area contributed by atoms with Crippen LogP contribution in [-0.4, -0.2) is 95.0 Å². The highest BCUT2D eigenvalue weighted by Crippen LogP contribution is 2.64. The number of amides is 8. The van der Waals surface area contributed by atoms with E-state index in [1.165, 1.54) is 38.0 Å². The van der Waals surface area contributed by atoms with Crippen molar-refractivity contribution in [1.29, 1.82) is 0 Å². The lowest BCUT2D eigenvalue weighted by Gasteiger charge is -2.32. The van der Waals surface area contributed by atoms with Crippen molar-refractivity contribution in [3.8, 4) is 44.5 Å². The third-order valence-corrected chi connectivity index (χ3v) is 21.0. The van der Waals surface area contributed by atoms with Gasteiger partial charge in [0.25, 0.3) is 47.3 Å². The van der Waals surface area contributed by atoms with Crippen molar-refractivity contribution in [2.24, 2.45) is 0 Å². The standard InChI is InChI=1S/C77H40N4O8/c1-78-69(82)45-23-17-39-41-19-25-49-65-53(75(88)80(3)73(49)86)31-51(61(67(41)65)43-21-27-47(71(78)84)63(45)59(39)43)33-13-15-37-38-16-14-34(30-58(38)77(57(37)29-33)55-11-7-5-9-35(55)36-10-6-8-12-56(36)77)52-32-54-66-50(74(87)81(4)76(54)89)26-20-42-40-18-24-46-64-48(72(85)79(2)70(46)83)28-22-44(60(40)64)62(52)68(42)66/h5-32H,1-4H3. The third-order valence-electron chi connectivity index (χ3n) is 21.0. The minimum atomic E-state index is -0.962. The van der Waals surface area contributed by atoms with Crippen LogP contribution in [0.15, 0.2) is 170 Å². The van der Waals surface area contributed by atoms with Crippen LogP contribution in [0.3, 0.4) is 0 Å². The molecule has 0 saturated heterocycles. The summed E-state index contributed by atoms with van der Waals surface area (Å²) in [4.78, 5) is 119. The van der Waals surface area contributed by atoms with Gasteiger partial charge < -0.3 is 0 Å². The molecule has 12 heteroatoms. The number of hydrogen-bond donors (Lipinski definition) is 0. The highest BCUT2D eigenvalue weighted by Gasteiger charge is 2.52. The highest BCUT2D eigenvalue weighted by atomic mass is 16.2. The van der Waals surface area contributed by atoms with E-state index in [-0.39, 0.29) is 0 Å². The van der Waals surface area contributed by atoms with E-state index in [2.05, 4.69) is 84.9 Å². The van der Waals surface area contributed by atoms with E-state index in [0.29, 0.717) is 66.1 Å². The number of hydrogen-bond acceptors (Lipinski definition) is 8. The quantitative estimate of drug-likeness (QED) is 0.0943. The summed E-state index contributed by atoms with van der Waals surface area (Å²) in [5, 5.41) is 11.5. The fraction of sp³-hybridized carbons (Fsp3) is 0.0649. The van der Waals surface area contributed by atoms with E-state index in [0.717, 1.165) is 141 Å². The Bertz CT molecular complexity index is 5660. The smallest absolute Gasteiger partial charge is 0.261 e. The summed E-state index contributed by atoms with van der Waals surface area (Å²) in [5.74, 6) is -3.26. The van der Waals surface area contributed by atoms with Crippen molar-refractivity contribution in [2.75, 3.05) is 28.2 Å². The summed E-state index contributed by atoms with van der Waals surface area (Å²) < 4.78 is 0. The molecule has 2 aliphatic carbocycles. The predicted octanol–water partition coefficient (Wildman–Crippen LogP) is 14.4. The number of carbonyl (C=O) groups excluding carboxylic acids is 8. The summed E-state index contributed by atoms with van der Waals surface area (Å²) >= 11 is 0. The Kier molecular flexibility index (Phi) is 8.51. The Hall–Kier alpha value is -11.8. The molecule has 89 heavy (non-hydrogen) atoms. The van der Waals surface area contributed by atoms with Gasteiger partial charge in [-0.05, 0) is 192 Å². The van der Waals surface area contributed by atoms with Gasteiger partial charge in [0, 0.05) is 94.2 Å². The predicted molar refractivity (Wildman–Crippen MR) is 342 cm³/mol. The zero-order valence-electron chi connectivity index (χ0n) is 47.7. The Morgan fingerprint density at radius 2 is 0.483 bits per heavy atom. The van der Waals surface area contributed by atoms with Crippen molar-refractivity contribution in [2.45, 2.75) is 5.41 Å². The van der Waals surface area contributed by atoms with Gasteiger partial charge >= 0.3 is 0 Å². The largest absolute Gasteiger partial charge is 0.277 e. The lowest BCUT2D eigenvalue weighted by molar-refractivity contribution is 0.0635. The molecule has 6 aliphatic rings. The van der Waals surface area contributed by atoms with Gasteiger partial charge in [0.05, 0.1) is 5.41 Å². The molecule has 0 bridgehead atoms. The molecule has 14 aromatic carbocycles. The summed E-state index contributed by atoms with van der Waals surface area (Å²) in [6.07, 6.45) is 0. The van der Waals surface area contributed by atoms with E-state index < -0.39 is 52.7 Å². The van der Waals surface area contributed by atoms with Crippen LogP contribution in [0.25, 0.3) is 131 Å². The SMILES string of the molecule is CN1C(=O)c2ccc3c4ccc5c6c(cc(-c7ccc8c(c7)C7(c9ccccc9-c9ccccc97)c7cc(-c9cc%10c%11c(ccc%12c%13ccc%14c%15c(ccc(c9c%11%12)c%15%13)C(=O)N(C)C%14=O)C(=O)N(C)C%10=O)ccc7-8)c(c7ccc(c2c37)C1=O)c64)C(=O)N(C)C5=O. The first-order valence-corrected chi connectivity index (χ1v) is 29.5. The molecule has 0 fully saturated rings. The lowest BCUT2D eigenvalue weighted by atomic mass is 9.69. The molecule has 0 unspecified atom stereocenters. The molecule has 1 spiro atoms. The summed E-state index contributed by atoms with van der Waals surface area (Å²) in [5.41, 5.74) is 13.5. The first kappa shape index (κ1) is 48.5. The lowest BCUT2D eigenvalue weighted by Crippen LogP contribution is -2.37. The topological polar surface area (TPSA) is 150 Å². The number of rotatable bonds is 2. The molecule has 0 aromatic heterocycles. The van der Waals surface area contributed by atoms with Gasteiger partial charge in [-0.25, -0.2) is 0 Å². The van der Waals surface area contributed by atoms with Crippen LogP contribution in [0.2, 0.25) is 0 Å². The molecule has 0 saturated carbocycles. The van der Waals surface area contributed by atoms with Crippen LogP contribution in [0.4, 0.5) is 0 Å². The van der Waals surface area contributed by atoms with Gasteiger partial charge in [0.15, 0.2) is 0 Å². The van der Waals surface area contributed by atoms with Crippen LogP contribution in [-0.2, 0) is 5.41 Å². The van der Waals surface area contributed by atoms with Crippen LogP contribution in [0.1, 0.15) is 105 Å². The summed E-state index contributed by atoms with van der Waals surface area (Å²) in [6, 6.07) is 56.2. The second-order valence-corrected chi connectivity index (χ2v) is 24.7. The Labute approximate surface area is 503 Å². The van der Waals surface area contributed by atoms with Crippen LogP contribution < -0.4 is 0 Å². The fourth-order valence-corrected chi connectivity index (χ4v) is 17.1. The molecular weight excluding hydrogens is 1110 g/mol. The molecule has 8 amide bonds. The van der Waals surface area contributed by atoms with Crippen LogP contribution in [0, 0.1) is 0 Å². The van der Waals surface area contributed by atoms with E-state index in [1.807, 2.05) is 48.5 Å². The van der Waals surface area contributed by atoms with Crippen molar-refractivity contribution < 1.29 is 38.4 Å². The van der Waals surface area contributed by atoms with E-state index in [9.17, 15) is 38.4 Å². The first-order valence-electron chi connectivity index (χ1n) is 29.5. The van der Waals surface area contributed by atoms with Gasteiger partial charge in [0.2, 0.25) is 0 Å². The fourth-order valence-electron chi connectivity index (χ4n) is 17.1. The number of imide groups is 4. The van der Waals surface area contributed by atoms with Crippen molar-refractivity contribution in [1.82, 2.24) is 19.6 Å². The first-order chi connectivity index (χ1) is 43.2. The molecule has 0 radical (unpaired) electrons. The second kappa shape index (κ2) is 15.6. The Morgan fingerprint density at radius 1 is 0.213 bits per heavy atom. The van der Waals surface area contributed by atoms with E-state index >= 15 is 0 Å². The summed E-state index contributed by atoms with van der Waals surface area (Å²) in [7, 11) is 6.02. The van der Waals surface area contributed by atoms with Gasteiger partial charge in [-0.1, -0.05) is 109 Å². The minimum Gasteiger partial charge on any atom is -0.277 e. The zero-order valence-corrected chi connectivity index (χ0v) is 47.7. The maximum absolute atomic E-state index is 14.8.